The maximum absolute atomic E-state index is 2.34. The molecule has 0 aromatic rings. The summed E-state index contributed by atoms with van der Waals surface area (Å²) in [5.41, 5.74) is 0. The van der Waals surface area contributed by atoms with E-state index in [9.17, 15) is 0 Å². The summed E-state index contributed by atoms with van der Waals surface area (Å²) in [6.45, 7) is 4.42. The van der Waals surface area contributed by atoms with Crippen molar-refractivity contribution in [3.8, 4) is 0 Å². The summed E-state index contributed by atoms with van der Waals surface area (Å²) in [6.07, 6.45) is 7.58. The summed E-state index contributed by atoms with van der Waals surface area (Å²) in [5, 5.41) is 0. The topological polar surface area (TPSA) is 0 Å². The van der Waals surface area contributed by atoms with Crippen LogP contribution in [0.2, 0.25) is 0 Å². The van der Waals surface area contributed by atoms with Gasteiger partial charge in [-0.15, -0.1) is 12.4 Å². The standard InChI is InChI=1S/C7H15.CH3.Be.ClH/c1-3-5-7-6-4-2;;;/h5H,3-4,6-7H2,1-2H3;1H3;;1H/q2*-1;+2;. The molecular formula is C8H19BeCl. The van der Waals surface area contributed by atoms with Crippen molar-refractivity contribution >= 4 is 22.5 Å². The van der Waals surface area contributed by atoms with Crippen LogP contribution >= 0.6 is 12.4 Å². The maximum Gasteiger partial charge on any atom is 2.00 e. The van der Waals surface area contributed by atoms with Gasteiger partial charge in [0.15, 0.2) is 0 Å². The summed E-state index contributed by atoms with van der Waals surface area (Å²) >= 11 is 0. The molecule has 0 spiro atoms. The maximum atomic E-state index is 2.34. The van der Waals surface area contributed by atoms with Crippen molar-refractivity contribution in [3.63, 3.8) is 0 Å². The van der Waals surface area contributed by atoms with Gasteiger partial charge in [-0.25, -0.2) is 0 Å². The van der Waals surface area contributed by atoms with E-state index in [4.69, 9.17) is 0 Å². The number of halogens is 1. The minimum absolute atomic E-state index is 0. The van der Waals surface area contributed by atoms with E-state index in [1.54, 1.807) is 0 Å². The van der Waals surface area contributed by atoms with Gasteiger partial charge in [-0.1, -0.05) is 26.7 Å². The number of hydrogen-bond donors (Lipinski definition) is 0. The van der Waals surface area contributed by atoms with Crippen LogP contribution in [0.3, 0.4) is 0 Å². The molecule has 0 aliphatic carbocycles. The first-order valence-electron chi connectivity index (χ1n) is 3.23. The SMILES string of the molecule is CC[CH-]CCCC.Cl.[Be+2].[CH3-]. The Morgan fingerprint density at radius 1 is 1.20 bits per heavy atom. The Morgan fingerprint density at radius 3 is 2.00 bits per heavy atom. The quantitative estimate of drug-likeness (QED) is 0.336. The number of hydrogen-bond acceptors (Lipinski definition) is 0. The van der Waals surface area contributed by atoms with Gasteiger partial charge in [-0.05, 0) is 0 Å². The van der Waals surface area contributed by atoms with Crippen molar-refractivity contribution in [1.29, 1.82) is 0 Å². The van der Waals surface area contributed by atoms with Crippen LogP contribution in [0.15, 0.2) is 0 Å². The van der Waals surface area contributed by atoms with Gasteiger partial charge in [0.25, 0.3) is 0 Å². The van der Waals surface area contributed by atoms with Crippen LogP contribution in [-0.2, 0) is 0 Å². The molecule has 0 aromatic carbocycles. The molecule has 0 radical (unpaired) electrons. The first-order chi connectivity index (χ1) is 3.41. The van der Waals surface area contributed by atoms with Crippen LogP contribution in [0.1, 0.15) is 39.5 Å². The summed E-state index contributed by atoms with van der Waals surface area (Å²) in [5.74, 6) is 0. The molecule has 0 aliphatic rings. The summed E-state index contributed by atoms with van der Waals surface area (Å²) in [6, 6.07) is 0. The molecule has 60 valence electrons. The second-order valence-corrected chi connectivity index (χ2v) is 1.84. The van der Waals surface area contributed by atoms with Crippen molar-refractivity contribution in [1.82, 2.24) is 0 Å². The molecule has 0 heterocycles. The van der Waals surface area contributed by atoms with E-state index in [0.717, 1.165) is 0 Å². The fourth-order valence-electron chi connectivity index (χ4n) is 0.553. The zero-order valence-electron chi connectivity index (χ0n) is 7.52. The van der Waals surface area contributed by atoms with Crippen LogP contribution in [0.5, 0.6) is 0 Å². The molecule has 0 amide bonds. The van der Waals surface area contributed by atoms with Crippen molar-refractivity contribution < 1.29 is 0 Å². The van der Waals surface area contributed by atoms with E-state index in [1.807, 2.05) is 0 Å². The van der Waals surface area contributed by atoms with Gasteiger partial charge < -0.3 is 13.8 Å². The minimum atomic E-state index is 0. The predicted molar refractivity (Wildman–Crippen MR) is 53.5 cm³/mol. The molecule has 2 heteroatoms. The van der Waals surface area contributed by atoms with E-state index < -0.39 is 0 Å². The third kappa shape index (κ3) is 23.7. The molecule has 0 saturated heterocycles. The largest absolute Gasteiger partial charge is 2.00 e. The molecule has 0 rings (SSSR count). The van der Waals surface area contributed by atoms with Crippen LogP contribution in [-0.4, -0.2) is 10.1 Å². The Balaban J connectivity index is -0.0000000600. The molecule has 0 saturated carbocycles. The second kappa shape index (κ2) is 22.7. The number of rotatable bonds is 4. The van der Waals surface area contributed by atoms with Gasteiger partial charge in [-0.2, -0.15) is 12.8 Å². The smallest absolute Gasteiger partial charge is 0.358 e. The first-order valence-corrected chi connectivity index (χ1v) is 3.23. The van der Waals surface area contributed by atoms with Gasteiger partial charge >= 0.3 is 10.1 Å². The molecule has 0 fully saturated rings. The zero-order valence-corrected chi connectivity index (χ0v) is 8.34. The summed E-state index contributed by atoms with van der Waals surface area (Å²) in [7, 11) is 0. The number of unbranched alkanes of at least 4 members (excludes halogenated alkanes) is 4. The van der Waals surface area contributed by atoms with Gasteiger partial charge in [0, 0.05) is 0 Å². The molecule has 0 aromatic heterocycles. The van der Waals surface area contributed by atoms with Gasteiger partial charge in [0.05, 0.1) is 0 Å². The van der Waals surface area contributed by atoms with Crippen LogP contribution in [0.4, 0.5) is 0 Å². The van der Waals surface area contributed by atoms with Gasteiger partial charge in [0.1, 0.15) is 0 Å². The zero-order chi connectivity index (χ0) is 5.54. The van der Waals surface area contributed by atoms with Crippen molar-refractivity contribution in [2.24, 2.45) is 0 Å². The molecule has 0 unspecified atom stereocenters. The Hall–Kier alpha value is 0.459. The molecule has 0 atom stereocenters. The fraction of sp³-hybridized carbons (Fsp3) is 0.750. The van der Waals surface area contributed by atoms with Crippen molar-refractivity contribution in [2.45, 2.75) is 39.5 Å². The third-order valence-electron chi connectivity index (χ3n) is 1.05. The Kier molecular flexibility index (Phi) is 50.9. The Morgan fingerprint density at radius 2 is 1.70 bits per heavy atom. The van der Waals surface area contributed by atoms with E-state index in [-0.39, 0.29) is 30.0 Å². The van der Waals surface area contributed by atoms with Crippen LogP contribution in [0.25, 0.3) is 0 Å². The van der Waals surface area contributed by atoms with Gasteiger partial charge in [-0.3, -0.25) is 0 Å². The first kappa shape index (κ1) is 22.4. The molecule has 0 N–H and O–H groups in total. The van der Waals surface area contributed by atoms with E-state index >= 15 is 0 Å². The van der Waals surface area contributed by atoms with Crippen molar-refractivity contribution in [3.05, 3.63) is 13.8 Å². The van der Waals surface area contributed by atoms with Crippen LogP contribution in [0, 0.1) is 13.8 Å². The molecule has 0 aliphatic heterocycles. The fourth-order valence-corrected chi connectivity index (χ4v) is 0.553. The summed E-state index contributed by atoms with van der Waals surface area (Å²) < 4.78 is 0. The molecular weight excluding hydrogens is 141 g/mol. The van der Waals surface area contributed by atoms with E-state index in [1.165, 1.54) is 25.7 Å². The van der Waals surface area contributed by atoms with E-state index in [2.05, 4.69) is 20.3 Å². The minimum Gasteiger partial charge on any atom is -0.358 e. The second-order valence-electron chi connectivity index (χ2n) is 1.84. The molecule has 0 nitrogen and oxygen atoms in total. The summed E-state index contributed by atoms with van der Waals surface area (Å²) in [4.78, 5) is 0. The average molecular weight is 160 g/mol. The molecule has 10 heavy (non-hydrogen) atoms. The Bertz CT molecular complexity index is 28.4. The van der Waals surface area contributed by atoms with E-state index in [0.29, 0.717) is 0 Å². The normalized spacial score (nSPS) is 6.60. The van der Waals surface area contributed by atoms with Crippen molar-refractivity contribution in [2.75, 3.05) is 0 Å². The third-order valence-corrected chi connectivity index (χ3v) is 1.05. The Labute approximate surface area is 76.4 Å². The van der Waals surface area contributed by atoms with Gasteiger partial charge in [0.2, 0.25) is 0 Å². The molecule has 0 bridgehead atoms. The van der Waals surface area contributed by atoms with Crippen LogP contribution < -0.4 is 0 Å². The monoisotopic (exact) mass is 159 g/mol. The predicted octanol–water partition coefficient (Wildman–Crippen LogP) is 3.28. The average Bonchev–Trinajstić information content (AvgIpc) is 1.69.